The Morgan fingerprint density at radius 2 is 1.58 bits per heavy atom. The number of likely N-dealkylation sites (N-methyl/N-ethyl adjacent to an activating group) is 2. The number of esters is 1. The zero-order chi connectivity index (χ0) is 32.9. The molecule has 4 rings (SSSR count). The number of carbonyl (C=O) groups excluding carboxylic acids is 4. The lowest BCUT2D eigenvalue weighted by Crippen LogP contribution is -2.57. The molecule has 0 saturated heterocycles. The number of benzene rings is 2. The summed E-state index contributed by atoms with van der Waals surface area (Å²) in [5.41, 5.74) is 3.50. The highest BCUT2D eigenvalue weighted by Crippen LogP contribution is 2.44. The molecule has 11 heteroatoms. The quantitative estimate of drug-likeness (QED) is 0.328. The van der Waals surface area contributed by atoms with Crippen molar-refractivity contribution in [1.29, 1.82) is 0 Å². The van der Waals surface area contributed by atoms with Crippen molar-refractivity contribution in [2.75, 3.05) is 33.8 Å². The highest BCUT2D eigenvalue weighted by Gasteiger charge is 2.40. The van der Waals surface area contributed by atoms with Crippen LogP contribution in [0.4, 0.5) is 4.79 Å². The Balaban J connectivity index is 1.50. The number of aliphatic carboxylic acids is 1. The first-order valence-corrected chi connectivity index (χ1v) is 15.0. The van der Waals surface area contributed by atoms with E-state index in [4.69, 9.17) is 9.47 Å². The molecule has 0 spiro atoms. The molecule has 2 aliphatic rings. The van der Waals surface area contributed by atoms with Crippen LogP contribution in [0.5, 0.6) is 0 Å². The van der Waals surface area contributed by atoms with Crippen LogP contribution in [0, 0.1) is 0 Å². The maximum Gasteiger partial charge on any atom is 0.410 e. The van der Waals surface area contributed by atoms with Crippen LogP contribution in [0.3, 0.4) is 0 Å². The fourth-order valence-electron chi connectivity index (χ4n) is 5.81. The van der Waals surface area contributed by atoms with E-state index in [9.17, 15) is 29.1 Å². The minimum absolute atomic E-state index is 0.0499. The third-order valence-corrected chi connectivity index (χ3v) is 7.91. The molecule has 2 atom stereocenters. The van der Waals surface area contributed by atoms with Crippen LogP contribution in [-0.4, -0.2) is 101 Å². The molecule has 1 aliphatic carbocycles. The maximum atomic E-state index is 14.0. The molecule has 1 heterocycles. The van der Waals surface area contributed by atoms with Crippen molar-refractivity contribution in [2.24, 2.45) is 0 Å². The Morgan fingerprint density at radius 3 is 2.16 bits per heavy atom. The molecule has 2 aromatic carbocycles. The smallest absolute Gasteiger partial charge is 0.410 e. The molecule has 240 valence electrons. The van der Waals surface area contributed by atoms with Gasteiger partial charge >= 0.3 is 18.0 Å². The van der Waals surface area contributed by atoms with Crippen LogP contribution in [0.2, 0.25) is 0 Å². The van der Waals surface area contributed by atoms with E-state index >= 15 is 0 Å². The Hall–Kier alpha value is -4.67. The van der Waals surface area contributed by atoms with E-state index in [0.29, 0.717) is 6.42 Å². The number of rotatable bonds is 9. The first-order valence-electron chi connectivity index (χ1n) is 15.0. The van der Waals surface area contributed by atoms with Gasteiger partial charge in [-0.15, -0.1) is 0 Å². The van der Waals surface area contributed by atoms with Gasteiger partial charge in [-0.05, 0) is 55.9 Å². The van der Waals surface area contributed by atoms with Gasteiger partial charge in [0.1, 0.15) is 30.8 Å². The van der Waals surface area contributed by atoms with Crippen LogP contribution in [0.15, 0.2) is 60.7 Å². The predicted octanol–water partition coefficient (Wildman–Crippen LogP) is 4.06. The number of ether oxygens (including phenoxy) is 2. The average Bonchev–Trinajstić information content (AvgIpc) is 3.29. The number of nitrogens with zero attached hydrogens (tertiary/aromatic N) is 3. The number of fused-ring (bicyclic) bond motifs is 3. The van der Waals surface area contributed by atoms with Crippen molar-refractivity contribution < 1.29 is 38.6 Å². The summed E-state index contributed by atoms with van der Waals surface area (Å²) in [5.74, 6) is -3.42. The molecule has 3 amide bonds. The molecule has 0 bridgehead atoms. The molecule has 45 heavy (non-hydrogen) atoms. The van der Waals surface area contributed by atoms with Crippen molar-refractivity contribution in [3.05, 3.63) is 71.8 Å². The molecule has 0 saturated carbocycles. The Bertz CT molecular complexity index is 1430. The number of carboxylic acid groups (broad SMARTS) is 1. The highest BCUT2D eigenvalue weighted by atomic mass is 16.6. The van der Waals surface area contributed by atoms with Gasteiger partial charge in [0, 0.05) is 26.6 Å². The molecule has 0 aromatic heterocycles. The second kappa shape index (κ2) is 14.0. The van der Waals surface area contributed by atoms with Crippen molar-refractivity contribution in [2.45, 2.75) is 63.6 Å². The Morgan fingerprint density at radius 1 is 0.978 bits per heavy atom. The molecule has 1 aliphatic heterocycles. The van der Waals surface area contributed by atoms with Crippen LogP contribution in [0.1, 0.15) is 57.1 Å². The Kier molecular flexibility index (Phi) is 10.3. The van der Waals surface area contributed by atoms with E-state index in [1.165, 1.54) is 23.9 Å². The van der Waals surface area contributed by atoms with Gasteiger partial charge in [0.2, 0.25) is 11.8 Å². The summed E-state index contributed by atoms with van der Waals surface area (Å²) in [7, 11) is 2.81. The summed E-state index contributed by atoms with van der Waals surface area (Å²) < 4.78 is 11.1. The van der Waals surface area contributed by atoms with Crippen molar-refractivity contribution in [3.8, 4) is 11.1 Å². The minimum Gasteiger partial charge on any atom is -0.481 e. The maximum absolute atomic E-state index is 14.0. The largest absolute Gasteiger partial charge is 0.481 e. The number of hydrogen-bond donors (Lipinski definition) is 1. The van der Waals surface area contributed by atoms with Gasteiger partial charge in [0.15, 0.2) is 0 Å². The van der Waals surface area contributed by atoms with Crippen LogP contribution in [-0.2, 0) is 28.7 Å². The lowest BCUT2D eigenvalue weighted by molar-refractivity contribution is -0.160. The molecule has 11 nitrogen and oxygen atoms in total. The summed E-state index contributed by atoms with van der Waals surface area (Å²) in [6, 6.07) is 13.5. The third kappa shape index (κ3) is 7.89. The molecule has 0 fully saturated rings. The summed E-state index contributed by atoms with van der Waals surface area (Å²) in [4.78, 5) is 68.6. The standard InChI is InChI=1S/C34H41N3O8/c1-34(2,3)45-30(40)20-35(4)31(41)28(19-29(38)39)37-18-12-6-7-17-27(32(37)42)36(5)33(43)44-21-26-24-15-10-8-13-22(24)23-14-9-11-16-25(23)26/h6-11,13-16,26-28H,12,17-21H2,1-5H3,(H,38,39)/b7-6-/t27-,28-/m0/s1. The molecule has 1 N–H and O–H groups in total. The second-order valence-electron chi connectivity index (χ2n) is 12.4. The predicted molar refractivity (Wildman–Crippen MR) is 166 cm³/mol. The van der Waals surface area contributed by atoms with E-state index in [2.05, 4.69) is 0 Å². The fraction of sp³-hybridized carbons (Fsp3) is 0.441. The molecule has 0 radical (unpaired) electrons. The number of carbonyl (C=O) groups is 5. The number of carboxylic acids is 1. The topological polar surface area (TPSA) is 134 Å². The number of amides is 3. The monoisotopic (exact) mass is 619 g/mol. The van der Waals surface area contributed by atoms with E-state index < -0.39 is 60.5 Å². The van der Waals surface area contributed by atoms with Crippen molar-refractivity contribution in [1.82, 2.24) is 14.7 Å². The summed E-state index contributed by atoms with van der Waals surface area (Å²) in [6.45, 7) is 4.78. The fourth-order valence-corrected chi connectivity index (χ4v) is 5.81. The first-order chi connectivity index (χ1) is 21.3. The van der Waals surface area contributed by atoms with E-state index in [-0.39, 0.29) is 25.5 Å². The zero-order valence-corrected chi connectivity index (χ0v) is 26.4. The van der Waals surface area contributed by atoms with Gasteiger partial charge in [-0.25, -0.2) is 4.79 Å². The molecular weight excluding hydrogens is 578 g/mol. The lowest BCUT2D eigenvalue weighted by atomic mass is 9.98. The average molecular weight is 620 g/mol. The zero-order valence-electron chi connectivity index (χ0n) is 26.4. The second-order valence-corrected chi connectivity index (χ2v) is 12.4. The van der Waals surface area contributed by atoms with Gasteiger partial charge in [-0.2, -0.15) is 0 Å². The summed E-state index contributed by atoms with van der Waals surface area (Å²) in [5, 5.41) is 9.67. The van der Waals surface area contributed by atoms with Gasteiger partial charge in [-0.1, -0.05) is 60.7 Å². The number of hydrogen-bond acceptors (Lipinski definition) is 7. The van der Waals surface area contributed by atoms with E-state index in [1.54, 1.807) is 26.8 Å². The minimum atomic E-state index is -1.40. The highest BCUT2D eigenvalue weighted by molar-refractivity contribution is 5.94. The van der Waals surface area contributed by atoms with Crippen molar-refractivity contribution in [3.63, 3.8) is 0 Å². The van der Waals surface area contributed by atoms with E-state index in [0.717, 1.165) is 27.2 Å². The first kappa shape index (κ1) is 33.2. The van der Waals surface area contributed by atoms with Crippen molar-refractivity contribution >= 4 is 29.8 Å². The van der Waals surface area contributed by atoms with Gasteiger partial charge in [0.25, 0.3) is 0 Å². The van der Waals surface area contributed by atoms with Crippen LogP contribution >= 0.6 is 0 Å². The van der Waals surface area contributed by atoms with E-state index in [1.807, 2.05) is 54.6 Å². The van der Waals surface area contributed by atoms with Crippen LogP contribution < -0.4 is 0 Å². The molecular formula is C34H41N3O8. The summed E-state index contributed by atoms with van der Waals surface area (Å²) in [6.07, 6.45) is 2.76. The summed E-state index contributed by atoms with van der Waals surface area (Å²) >= 11 is 0. The SMILES string of the molecule is CN(CC(=O)OC(C)(C)C)C(=O)[C@H](CC(=O)O)N1CC/C=C\C[C@H](N(C)C(=O)OCC2c3ccccc3-c3ccccc32)C1=O. The molecule has 0 unspecified atom stereocenters. The Labute approximate surface area is 263 Å². The van der Waals surface area contributed by atoms with Gasteiger partial charge < -0.3 is 24.4 Å². The molecule has 2 aromatic rings. The normalized spacial score (nSPS) is 17.7. The van der Waals surface area contributed by atoms with Gasteiger partial charge in [0.05, 0.1) is 6.42 Å². The third-order valence-electron chi connectivity index (χ3n) is 7.91. The van der Waals surface area contributed by atoms with Crippen LogP contribution in [0.25, 0.3) is 11.1 Å². The lowest BCUT2D eigenvalue weighted by Gasteiger charge is -2.37. The van der Waals surface area contributed by atoms with Gasteiger partial charge in [-0.3, -0.25) is 24.1 Å².